The second-order valence-electron chi connectivity index (χ2n) is 5.97. The summed E-state index contributed by atoms with van der Waals surface area (Å²) >= 11 is 4.36. The van der Waals surface area contributed by atoms with Crippen molar-refractivity contribution < 1.29 is 13.2 Å². The second kappa shape index (κ2) is 7.63. The van der Waals surface area contributed by atoms with Crippen molar-refractivity contribution in [2.45, 2.75) is 18.4 Å². The maximum Gasteiger partial charge on any atom is 0.307 e. The van der Waals surface area contributed by atoms with Crippen LogP contribution in [0.15, 0.2) is 43.8 Å². The van der Waals surface area contributed by atoms with E-state index in [0.29, 0.717) is 13.1 Å². The van der Waals surface area contributed by atoms with Crippen molar-refractivity contribution in [3.63, 3.8) is 0 Å². The topological polar surface area (TPSA) is 79.7 Å². The summed E-state index contributed by atoms with van der Waals surface area (Å²) in [7, 11) is -3.57. The van der Waals surface area contributed by atoms with Crippen LogP contribution in [0.5, 0.6) is 0 Å². The third kappa shape index (κ3) is 3.93. The minimum Gasteiger partial charge on any atom is -0.338 e. The number of amides is 1. The van der Waals surface area contributed by atoms with Crippen molar-refractivity contribution in [2.75, 3.05) is 26.2 Å². The Hall–Kier alpha value is -1.49. The predicted molar refractivity (Wildman–Crippen MR) is 103 cm³/mol. The van der Waals surface area contributed by atoms with E-state index < -0.39 is 10.0 Å². The molecule has 0 aliphatic carbocycles. The van der Waals surface area contributed by atoms with Gasteiger partial charge in [-0.25, -0.2) is 8.42 Å². The minimum absolute atomic E-state index is 0.00632. The third-order valence-electron chi connectivity index (χ3n) is 4.31. The number of piperazine rings is 1. The molecule has 2 heterocycles. The quantitative estimate of drug-likeness (QED) is 0.693. The van der Waals surface area contributed by atoms with Gasteiger partial charge >= 0.3 is 4.87 Å². The van der Waals surface area contributed by atoms with Crippen LogP contribution < -0.4 is 4.87 Å². The van der Waals surface area contributed by atoms with Crippen molar-refractivity contribution in [1.82, 2.24) is 13.8 Å². The van der Waals surface area contributed by atoms with Gasteiger partial charge in [0.1, 0.15) is 6.54 Å². The van der Waals surface area contributed by atoms with Crippen LogP contribution in [-0.2, 0) is 21.4 Å². The van der Waals surface area contributed by atoms with Gasteiger partial charge in [-0.2, -0.15) is 4.31 Å². The Labute approximate surface area is 164 Å². The highest BCUT2D eigenvalue weighted by Crippen LogP contribution is 2.20. The van der Waals surface area contributed by atoms with Crippen LogP contribution in [-0.4, -0.2) is 54.3 Å². The number of carbonyl (C=O) groups excluding carboxylic acids is 1. The highest BCUT2D eigenvalue weighted by atomic mass is 79.9. The molecule has 10 heteroatoms. The van der Waals surface area contributed by atoms with Crippen LogP contribution >= 0.6 is 27.3 Å². The lowest BCUT2D eigenvalue weighted by molar-refractivity contribution is -0.133. The molecule has 7 nitrogen and oxygen atoms in total. The monoisotopic (exact) mass is 459 g/mol. The van der Waals surface area contributed by atoms with E-state index in [1.54, 1.807) is 41.5 Å². The zero-order chi connectivity index (χ0) is 18.9. The number of aromatic nitrogens is 1. The molecular weight excluding hydrogens is 442 g/mol. The number of hydrogen-bond acceptors (Lipinski definition) is 5. The van der Waals surface area contributed by atoms with E-state index in [4.69, 9.17) is 0 Å². The first kappa shape index (κ1) is 19.3. The number of halogens is 1. The number of rotatable bonds is 4. The highest BCUT2D eigenvalue weighted by molar-refractivity contribution is 9.10. The molecule has 1 amide bonds. The summed E-state index contributed by atoms with van der Waals surface area (Å²) in [6.07, 6.45) is 0. The Morgan fingerprint density at radius 3 is 2.31 bits per heavy atom. The summed E-state index contributed by atoms with van der Waals surface area (Å²) in [4.78, 5) is 25.9. The molecule has 0 spiro atoms. The van der Waals surface area contributed by atoms with Gasteiger partial charge in [-0.1, -0.05) is 27.3 Å². The Bertz CT molecular complexity index is 958. The summed E-state index contributed by atoms with van der Waals surface area (Å²) in [5.74, 6) is -0.172. The standard InChI is InChI=1S/C16H18BrN3O4S2/c1-12-11-25-16(22)20(12)10-15(21)18-6-8-19(9-7-18)26(23,24)14-4-2-13(17)3-5-14/h2-5,11H,6-10H2,1H3. The molecule has 1 aliphatic heterocycles. The number of nitrogens with zero attached hydrogens (tertiary/aromatic N) is 3. The number of thiazole rings is 1. The van der Waals surface area contributed by atoms with Crippen molar-refractivity contribution >= 4 is 43.2 Å². The van der Waals surface area contributed by atoms with Gasteiger partial charge < -0.3 is 4.90 Å². The third-order valence-corrected chi connectivity index (χ3v) is 7.64. The molecule has 26 heavy (non-hydrogen) atoms. The van der Waals surface area contributed by atoms with Crippen LogP contribution in [0.25, 0.3) is 0 Å². The summed E-state index contributed by atoms with van der Waals surface area (Å²) < 4.78 is 29.0. The first-order valence-electron chi connectivity index (χ1n) is 7.97. The predicted octanol–water partition coefficient (Wildman–Crippen LogP) is 1.51. The Morgan fingerprint density at radius 2 is 1.77 bits per heavy atom. The Morgan fingerprint density at radius 1 is 1.15 bits per heavy atom. The number of sulfonamides is 1. The lowest BCUT2D eigenvalue weighted by Gasteiger charge is -2.34. The first-order valence-corrected chi connectivity index (χ1v) is 11.1. The molecule has 0 unspecified atom stereocenters. The molecule has 0 radical (unpaired) electrons. The zero-order valence-electron chi connectivity index (χ0n) is 14.1. The average Bonchev–Trinajstić information content (AvgIpc) is 2.94. The van der Waals surface area contributed by atoms with Gasteiger partial charge in [0.2, 0.25) is 15.9 Å². The minimum atomic E-state index is -3.57. The average molecular weight is 460 g/mol. The number of hydrogen-bond donors (Lipinski definition) is 0. The molecule has 0 saturated carbocycles. The second-order valence-corrected chi connectivity index (χ2v) is 9.64. The van der Waals surface area contributed by atoms with Crippen LogP contribution in [0.1, 0.15) is 5.69 Å². The molecule has 2 aromatic rings. The van der Waals surface area contributed by atoms with Crippen LogP contribution in [0.2, 0.25) is 0 Å². The van der Waals surface area contributed by atoms with Crippen LogP contribution in [0.3, 0.4) is 0 Å². The largest absolute Gasteiger partial charge is 0.338 e. The number of aryl methyl sites for hydroxylation is 1. The fourth-order valence-corrected chi connectivity index (χ4v) is 5.19. The maximum absolute atomic E-state index is 12.7. The normalized spacial score (nSPS) is 16.0. The molecular formula is C16H18BrN3O4S2. The molecule has 1 saturated heterocycles. The van der Waals surface area contributed by atoms with Crippen molar-refractivity contribution in [3.8, 4) is 0 Å². The molecule has 1 aromatic heterocycles. The molecule has 0 atom stereocenters. The lowest BCUT2D eigenvalue weighted by Crippen LogP contribution is -2.51. The van der Waals surface area contributed by atoms with Gasteiger partial charge in [0.05, 0.1) is 4.90 Å². The summed E-state index contributed by atoms with van der Waals surface area (Å²) in [5.41, 5.74) is 0.754. The van der Waals surface area contributed by atoms with Gasteiger partial charge in [0, 0.05) is 41.7 Å². The van der Waals surface area contributed by atoms with Gasteiger partial charge in [-0.05, 0) is 31.2 Å². The molecule has 3 rings (SSSR count). The van der Waals surface area contributed by atoms with Gasteiger partial charge in [-0.3, -0.25) is 14.2 Å². The maximum atomic E-state index is 12.7. The fraction of sp³-hybridized carbons (Fsp3) is 0.375. The van der Waals surface area contributed by atoms with Gasteiger partial charge in [-0.15, -0.1) is 0 Å². The number of carbonyl (C=O) groups is 1. The van der Waals surface area contributed by atoms with E-state index in [1.165, 1.54) is 8.87 Å². The van der Waals surface area contributed by atoms with E-state index in [2.05, 4.69) is 15.9 Å². The first-order chi connectivity index (χ1) is 12.3. The molecule has 0 N–H and O–H groups in total. The van der Waals surface area contributed by atoms with Crippen LogP contribution in [0.4, 0.5) is 0 Å². The van der Waals surface area contributed by atoms with Crippen LogP contribution in [0, 0.1) is 6.92 Å². The van der Waals surface area contributed by atoms with E-state index >= 15 is 0 Å². The molecule has 0 bridgehead atoms. The van der Waals surface area contributed by atoms with E-state index in [9.17, 15) is 18.0 Å². The van der Waals surface area contributed by atoms with Crippen molar-refractivity contribution in [3.05, 3.63) is 49.5 Å². The molecule has 1 aromatic carbocycles. The lowest BCUT2D eigenvalue weighted by atomic mass is 10.3. The van der Waals surface area contributed by atoms with E-state index in [0.717, 1.165) is 21.5 Å². The molecule has 140 valence electrons. The Balaban J connectivity index is 1.64. The molecule has 1 aliphatic rings. The highest BCUT2D eigenvalue weighted by Gasteiger charge is 2.30. The van der Waals surface area contributed by atoms with E-state index in [1.807, 2.05) is 0 Å². The van der Waals surface area contributed by atoms with Gasteiger partial charge in [0.25, 0.3) is 0 Å². The fourth-order valence-electron chi connectivity index (χ4n) is 2.76. The van der Waals surface area contributed by atoms with Crippen molar-refractivity contribution in [1.29, 1.82) is 0 Å². The summed E-state index contributed by atoms with van der Waals surface area (Å²) in [6.45, 7) is 2.88. The SMILES string of the molecule is Cc1csc(=O)n1CC(=O)N1CCN(S(=O)(=O)c2ccc(Br)cc2)CC1. The molecule has 1 fully saturated rings. The summed E-state index contributed by atoms with van der Waals surface area (Å²) in [5, 5.41) is 1.72. The van der Waals surface area contributed by atoms with Gasteiger partial charge in [0.15, 0.2) is 0 Å². The summed E-state index contributed by atoms with van der Waals surface area (Å²) in [6, 6.07) is 6.49. The zero-order valence-corrected chi connectivity index (χ0v) is 17.3. The number of benzene rings is 1. The Kier molecular flexibility index (Phi) is 5.66. The smallest absolute Gasteiger partial charge is 0.307 e. The van der Waals surface area contributed by atoms with Crippen molar-refractivity contribution in [2.24, 2.45) is 0 Å². The van der Waals surface area contributed by atoms with E-state index in [-0.39, 0.29) is 35.3 Å².